The lowest BCUT2D eigenvalue weighted by atomic mass is 10.0. The number of carbonyl (C=O) groups excluding carboxylic acids is 1. The number of anilines is 1. The Morgan fingerprint density at radius 3 is 2.86 bits per heavy atom. The molecule has 36 heavy (non-hydrogen) atoms. The van der Waals surface area contributed by atoms with Gasteiger partial charge in [0.2, 0.25) is 5.91 Å². The van der Waals surface area contributed by atoms with Crippen LogP contribution >= 0.6 is 0 Å². The van der Waals surface area contributed by atoms with Crippen molar-refractivity contribution < 1.29 is 19.0 Å². The number of ether oxygens (including phenoxy) is 3. The third kappa shape index (κ3) is 5.44. The Bertz CT molecular complexity index is 1250. The molecule has 0 spiro atoms. The van der Waals surface area contributed by atoms with Gasteiger partial charge >= 0.3 is 0 Å². The summed E-state index contributed by atoms with van der Waals surface area (Å²) >= 11 is 0. The van der Waals surface area contributed by atoms with E-state index in [9.17, 15) is 4.79 Å². The molecule has 3 aromatic rings. The summed E-state index contributed by atoms with van der Waals surface area (Å²) in [7, 11) is 1.62. The van der Waals surface area contributed by atoms with Crippen LogP contribution in [0.5, 0.6) is 17.2 Å². The summed E-state index contributed by atoms with van der Waals surface area (Å²) < 4.78 is 18.0. The SMILES string of the molecule is COc1ccc2cc1Oc1cccc(c1)CO[C@@H]1CCN(c3nc(C)cnc3C)C[C@@H]1NC(=O)CC2. The molecule has 2 aromatic carbocycles. The first-order chi connectivity index (χ1) is 17.5. The average molecular weight is 489 g/mol. The number of amides is 1. The Balaban J connectivity index is 1.42. The number of fused-ring (bicyclic) bond motifs is 5. The Hall–Kier alpha value is -3.65. The van der Waals surface area contributed by atoms with E-state index in [1.54, 1.807) is 13.3 Å². The monoisotopic (exact) mass is 488 g/mol. The maximum absolute atomic E-state index is 13.0. The van der Waals surface area contributed by atoms with Crippen molar-refractivity contribution in [3.63, 3.8) is 0 Å². The van der Waals surface area contributed by atoms with Crippen LogP contribution in [-0.2, 0) is 22.6 Å². The first-order valence-electron chi connectivity index (χ1n) is 12.4. The third-order valence-electron chi connectivity index (χ3n) is 6.71. The second kappa shape index (κ2) is 10.5. The molecule has 0 radical (unpaired) electrons. The Morgan fingerprint density at radius 1 is 1.11 bits per heavy atom. The Labute approximate surface area is 211 Å². The van der Waals surface area contributed by atoms with E-state index in [0.717, 1.165) is 47.0 Å². The highest BCUT2D eigenvalue weighted by atomic mass is 16.5. The van der Waals surface area contributed by atoms with Crippen LogP contribution in [0.15, 0.2) is 48.7 Å². The highest BCUT2D eigenvalue weighted by Crippen LogP contribution is 2.33. The van der Waals surface area contributed by atoms with Crippen LogP contribution in [-0.4, -0.2) is 48.2 Å². The second-order valence-corrected chi connectivity index (χ2v) is 9.41. The van der Waals surface area contributed by atoms with E-state index in [0.29, 0.717) is 37.5 Å². The molecular weight excluding hydrogens is 456 g/mol. The molecule has 0 saturated carbocycles. The molecule has 2 atom stereocenters. The zero-order valence-electron chi connectivity index (χ0n) is 21.0. The summed E-state index contributed by atoms with van der Waals surface area (Å²) in [6.07, 6.45) is 3.40. The average Bonchev–Trinajstić information content (AvgIpc) is 2.88. The zero-order valence-corrected chi connectivity index (χ0v) is 21.0. The number of aromatic nitrogens is 2. The van der Waals surface area contributed by atoms with E-state index in [1.165, 1.54) is 0 Å². The Morgan fingerprint density at radius 2 is 2.00 bits per heavy atom. The molecular formula is C28H32N4O4. The summed E-state index contributed by atoms with van der Waals surface area (Å²) in [6.45, 7) is 5.74. The van der Waals surface area contributed by atoms with Gasteiger partial charge in [-0.05, 0) is 62.1 Å². The predicted molar refractivity (Wildman–Crippen MR) is 137 cm³/mol. The second-order valence-electron chi connectivity index (χ2n) is 9.41. The number of hydrogen-bond acceptors (Lipinski definition) is 7. The van der Waals surface area contributed by atoms with Gasteiger partial charge < -0.3 is 24.4 Å². The largest absolute Gasteiger partial charge is 0.493 e. The Kier molecular flexibility index (Phi) is 7.04. The minimum absolute atomic E-state index is 0.00350. The quantitative estimate of drug-likeness (QED) is 0.581. The van der Waals surface area contributed by atoms with Gasteiger partial charge in [0.25, 0.3) is 0 Å². The molecule has 188 valence electrons. The van der Waals surface area contributed by atoms with Gasteiger partial charge in [0, 0.05) is 25.7 Å². The maximum atomic E-state index is 13.0. The summed E-state index contributed by atoms with van der Waals surface area (Å²) in [5, 5.41) is 3.25. The van der Waals surface area contributed by atoms with Crippen molar-refractivity contribution in [2.24, 2.45) is 0 Å². The molecule has 4 bridgehead atoms. The van der Waals surface area contributed by atoms with E-state index >= 15 is 0 Å². The van der Waals surface area contributed by atoms with Crippen LogP contribution in [0, 0.1) is 13.8 Å². The first-order valence-corrected chi connectivity index (χ1v) is 12.4. The number of piperidine rings is 1. The molecule has 1 aromatic heterocycles. The standard InChI is InChI=1S/C28H32N4O4/c1-18-15-29-19(2)28(30-18)32-12-11-24-23(16-32)31-27(33)10-8-20-7-9-25(34-3)26(14-20)36-22-6-4-5-21(13-22)17-35-24/h4-7,9,13-15,23-24H,8,10-12,16-17H2,1-3H3,(H,31,33)/t23-,24+/m0/s1. The van der Waals surface area contributed by atoms with Gasteiger partial charge in [-0.15, -0.1) is 0 Å². The van der Waals surface area contributed by atoms with E-state index in [4.69, 9.17) is 19.2 Å². The molecule has 0 aliphatic carbocycles. The number of nitrogens with one attached hydrogen (secondary N) is 1. The number of nitrogens with zero attached hydrogens (tertiary/aromatic N) is 3. The third-order valence-corrected chi connectivity index (χ3v) is 6.71. The molecule has 2 aliphatic heterocycles. The van der Waals surface area contributed by atoms with E-state index < -0.39 is 0 Å². The van der Waals surface area contributed by atoms with Crippen LogP contribution in [0.2, 0.25) is 0 Å². The van der Waals surface area contributed by atoms with Gasteiger partial charge in [-0.3, -0.25) is 9.78 Å². The van der Waals surface area contributed by atoms with E-state index in [1.807, 2.05) is 56.3 Å². The number of benzene rings is 2. The molecule has 1 saturated heterocycles. The molecule has 0 unspecified atom stereocenters. The highest BCUT2D eigenvalue weighted by molar-refractivity contribution is 5.76. The lowest BCUT2D eigenvalue weighted by Crippen LogP contribution is -2.56. The van der Waals surface area contributed by atoms with Crippen molar-refractivity contribution in [2.75, 3.05) is 25.1 Å². The van der Waals surface area contributed by atoms with Crippen molar-refractivity contribution in [1.82, 2.24) is 15.3 Å². The van der Waals surface area contributed by atoms with Gasteiger partial charge in [-0.1, -0.05) is 18.2 Å². The van der Waals surface area contributed by atoms with Crippen LogP contribution in [0.25, 0.3) is 0 Å². The van der Waals surface area contributed by atoms with Crippen molar-refractivity contribution in [3.8, 4) is 17.2 Å². The molecule has 8 nitrogen and oxygen atoms in total. The minimum atomic E-state index is -0.163. The van der Waals surface area contributed by atoms with E-state index in [-0.39, 0.29) is 18.1 Å². The van der Waals surface area contributed by atoms with Crippen molar-refractivity contribution in [1.29, 1.82) is 0 Å². The molecule has 1 amide bonds. The van der Waals surface area contributed by atoms with Crippen LogP contribution in [0.4, 0.5) is 5.82 Å². The number of methoxy groups -OCH3 is 1. The van der Waals surface area contributed by atoms with Gasteiger partial charge in [-0.2, -0.15) is 0 Å². The fraction of sp³-hybridized carbons (Fsp3) is 0.393. The summed E-state index contributed by atoms with van der Waals surface area (Å²) in [5.74, 6) is 2.86. The molecule has 2 aliphatic rings. The molecule has 1 N–H and O–H groups in total. The van der Waals surface area contributed by atoms with Gasteiger partial charge in [-0.25, -0.2) is 4.98 Å². The maximum Gasteiger partial charge on any atom is 0.220 e. The number of hydrogen-bond donors (Lipinski definition) is 1. The molecule has 1 fully saturated rings. The molecule has 5 rings (SSSR count). The lowest BCUT2D eigenvalue weighted by Gasteiger charge is -2.39. The zero-order chi connectivity index (χ0) is 25.1. The summed E-state index contributed by atoms with van der Waals surface area (Å²) in [6, 6.07) is 13.5. The molecule has 3 heterocycles. The van der Waals surface area contributed by atoms with Gasteiger partial charge in [0.1, 0.15) is 11.6 Å². The first kappa shape index (κ1) is 24.1. The fourth-order valence-corrected chi connectivity index (χ4v) is 4.81. The number of aryl methyl sites for hydroxylation is 3. The van der Waals surface area contributed by atoms with E-state index in [2.05, 4.69) is 15.2 Å². The normalized spacial score (nSPS) is 20.3. The summed E-state index contributed by atoms with van der Waals surface area (Å²) in [4.78, 5) is 24.4. The van der Waals surface area contributed by atoms with Crippen LogP contribution in [0.1, 0.15) is 35.4 Å². The molecule has 8 heteroatoms. The number of rotatable bonds is 2. The fourth-order valence-electron chi connectivity index (χ4n) is 4.81. The highest BCUT2D eigenvalue weighted by Gasteiger charge is 2.32. The van der Waals surface area contributed by atoms with Crippen molar-refractivity contribution in [3.05, 3.63) is 71.2 Å². The van der Waals surface area contributed by atoms with Crippen molar-refractivity contribution in [2.45, 2.75) is 51.9 Å². The number of carbonyl (C=O) groups is 1. The van der Waals surface area contributed by atoms with Crippen molar-refractivity contribution >= 4 is 11.7 Å². The summed E-state index contributed by atoms with van der Waals surface area (Å²) in [5.41, 5.74) is 3.78. The van der Waals surface area contributed by atoms with Gasteiger partial charge in [0.15, 0.2) is 11.5 Å². The minimum Gasteiger partial charge on any atom is -0.493 e. The predicted octanol–water partition coefficient (Wildman–Crippen LogP) is 4.12. The van der Waals surface area contributed by atoms with Gasteiger partial charge in [0.05, 0.1) is 37.3 Å². The van der Waals surface area contributed by atoms with Crippen LogP contribution in [0.3, 0.4) is 0 Å². The lowest BCUT2D eigenvalue weighted by molar-refractivity contribution is -0.123. The topological polar surface area (TPSA) is 85.8 Å². The smallest absolute Gasteiger partial charge is 0.220 e. The van der Waals surface area contributed by atoms with Crippen LogP contribution < -0.4 is 19.7 Å².